The van der Waals surface area contributed by atoms with E-state index in [1.165, 1.54) is 0 Å². The average molecular weight is 178 g/mol. The number of hydrogen-bond acceptors (Lipinski definition) is 2. The molecule has 0 aliphatic carbocycles. The monoisotopic (exact) mass is 178 g/mol. The first kappa shape index (κ1) is 11.0. The third-order valence-corrected chi connectivity index (χ3v) is 3.56. The summed E-state index contributed by atoms with van der Waals surface area (Å²) in [5.41, 5.74) is -0.0655. The lowest BCUT2D eigenvalue weighted by atomic mass is 9.80. The molecule has 0 saturated heterocycles. The van der Waals surface area contributed by atoms with E-state index in [1.54, 1.807) is 0 Å². The lowest BCUT2D eigenvalue weighted by Gasteiger charge is -2.28. The van der Waals surface area contributed by atoms with E-state index in [0.29, 0.717) is 11.7 Å². The Balaban J connectivity index is 4.20. The minimum atomic E-state index is -2.23. The van der Waals surface area contributed by atoms with Crippen LogP contribution in [0.3, 0.4) is 0 Å². The molecular weight excluding hydrogens is 160 g/mol. The summed E-state index contributed by atoms with van der Waals surface area (Å²) < 4.78 is 20.9. The third kappa shape index (κ3) is 3.75. The van der Waals surface area contributed by atoms with E-state index >= 15 is 0 Å². The highest BCUT2D eigenvalue weighted by Crippen LogP contribution is 2.28. The second-order valence-corrected chi connectivity index (χ2v) is 4.77. The first-order valence-corrected chi connectivity index (χ1v) is 5.38. The van der Waals surface area contributed by atoms with Gasteiger partial charge in [-0.25, -0.2) is 8.42 Å². The Morgan fingerprint density at radius 3 is 2.09 bits per heavy atom. The third-order valence-electron chi connectivity index (χ3n) is 2.48. The summed E-state index contributed by atoms with van der Waals surface area (Å²) >= 11 is 0. The van der Waals surface area contributed by atoms with Gasteiger partial charge in [0.15, 0.2) is 0 Å². The van der Waals surface area contributed by atoms with Crippen molar-refractivity contribution in [3.05, 3.63) is 0 Å². The Kier molecular flexibility index (Phi) is 4.08. The fourth-order valence-corrected chi connectivity index (χ4v) is 2.02. The molecule has 0 spiro atoms. The van der Waals surface area contributed by atoms with Gasteiger partial charge < -0.3 is 0 Å². The van der Waals surface area contributed by atoms with Crippen molar-refractivity contribution in [2.24, 2.45) is 11.3 Å². The maximum Gasteiger partial charge on any atom is 0.140 e. The normalized spacial score (nSPS) is 15.4. The van der Waals surface area contributed by atoms with Gasteiger partial charge in [-0.1, -0.05) is 34.1 Å². The van der Waals surface area contributed by atoms with Crippen molar-refractivity contribution in [1.82, 2.24) is 0 Å². The summed E-state index contributed by atoms with van der Waals surface area (Å²) in [6.07, 6.45) is 1.04. The van der Waals surface area contributed by atoms with Crippen molar-refractivity contribution in [3.63, 3.8) is 0 Å². The van der Waals surface area contributed by atoms with Crippen LogP contribution < -0.4 is 0 Å². The average Bonchev–Trinajstić information content (AvgIpc) is 1.83. The molecule has 0 aliphatic heterocycles. The van der Waals surface area contributed by atoms with E-state index in [2.05, 4.69) is 13.8 Å². The molecular formula is C8H18O2S. The van der Waals surface area contributed by atoms with Crippen LogP contribution in [0.2, 0.25) is 0 Å². The Morgan fingerprint density at radius 2 is 1.82 bits per heavy atom. The van der Waals surface area contributed by atoms with Crippen molar-refractivity contribution in [1.29, 1.82) is 0 Å². The van der Waals surface area contributed by atoms with Crippen molar-refractivity contribution in [2.45, 2.75) is 34.1 Å². The molecule has 0 fully saturated rings. The van der Waals surface area contributed by atoms with Crippen LogP contribution in [0.15, 0.2) is 0 Å². The predicted molar refractivity (Wildman–Crippen MR) is 48.4 cm³/mol. The summed E-state index contributed by atoms with van der Waals surface area (Å²) in [5.74, 6) is 0.771. The maximum atomic E-state index is 10.5. The van der Waals surface area contributed by atoms with Gasteiger partial charge in [0.25, 0.3) is 0 Å². The molecule has 0 radical (unpaired) electrons. The molecule has 0 aromatic rings. The van der Waals surface area contributed by atoms with Crippen LogP contribution in [0.5, 0.6) is 0 Å². The minimum absolute atomic E-state index is 0.0655. The van der Waals surface area contributed by atoms with Gasteiger partial charge in [0.1, 0.15) is 10.7 Å². The first-order chi connectivity index (χ1) is 4.90. The number of hydrogen-bond donors (Lipinski definition) is 1. The maximum absolute atomic E-state index is 10.5. The van der Waals surface area contributed by atoms with Gasteiger partial charge in [0.2, 0.25) is 0 Å². The molecule has 0 saturated carbocycles. The van der Waals surface area contributed by atoms with E-state index in [9.17, 15) is 8.42 Å². The topological polar surface area (TPSA) is 34.1 Å². The molecule has 68 valence electrons. The van der Waals surface area contributed by atoms with Crippen molar-refractivity contribution < 1.29 is 8.42 Å². The predicted octanol–water partition coefficient (Wildman–Crippen LogP) is 1.67. The van der Waals surface area contributed by atoms with E-state index in [-0.39, 0.29) is 5.41 Å². The Hall–Kier alpha value is -0.0500. The molecule has 11 heavy (non-hydrogen) atoms. The summed E-state index contributed by atoms with van der Waals surface area (Å²) in [5, 5.41) is 0. The zero-order valence-corrected chi connectivity index (χ0v) is 8.65. The van der Waals surface area contributed by atoms with Crippen LogP contribution in [0.4, 0.5) is 0 Å². The summed E-state index contributed by atoms with van der Waals surface area (Å²) in [6, 6.07) is 0. The van der Waals surface area contributed by atoms with Crippen LogP contribution in [0, 0.1) is 11.3 Å². The van der Waals surface area contributed by atoms with Gasteiger partial charge in [0.05, 0.1) is 5.75 Å². The van der Waals surface area contributed by atoms with Crippen LogP contribution in [-0.4, -0.2) is 14.2 Å². The summed E-state index contributed by atoms with van der Waals surface area (Å²) in [6.45, 7) is 8.20. The SMILES string of the molecule is CCC(C)C(C)(C)C[SH](=O)=O. The van der Waals surface area contributed by atoms with Crippen LogP contribution >= 0.6 is 0 Å². The fourth-order valence-electron chi connectivity index (χ4n) is 1.04. The molecule has 1 unspecified atom stereocenters. The molecule has 0 heterocycles. The first-order valence-electron chi connectivity index (χ1n) is 4.02. The van der Waals surface area contributed by atoms with Gasteiger partial charge >= 0.3 is 0 Å². The molecule has 0 rings (SSSR count). The van der Waals surface area contributed by atoms with Gasteiger partial charge in [0, 0.05) is 0 Å². The standard InChI is InChI=1S/C8H18O2S/c1-5-7(2)8(3,4)6-11(9)10/h7,11H,5-6H2,1-4H3. The number of thiol groups is 1. The number of rotatable bonds is 4. The highest BCUT2D eigenvalue weighted by atomic mass is 32.2. The highest BCUT2D eigenvalue weighted by Gasteiger charge is 2.25. The molecule has 0 aromatic carbocycles. The highest BCUT2D eigenvalue weighted by molar-refractivity contribution is 7.72. The molecule has 0 amide bonds. The lowest BCUT2D eigenvalue weighted by Crippen LogP contribution is -2.26. The smallest absolute Gasteiger partial charge is 0.140 e. The van der Waals surface area contributed by atoms with E-state index in [0.717, 1.165) is 6.42 Å². The lowest BCUT2D eigenvalue weighted by molar-refractivity contribution is 0.259. The van der Waals surface area contributed by atoms with E-state index in [1.807, 2.05) is 13.8 Å². The van der Waals surface area contributed by atoms with E-state index < -0.39 is 10.7 Å². The van der Waals surface area contributed by atoms with Crippen molar-refractivity contribution in [3.8, 4) is 0 Å². The van der Waals surface area contributed by atoms with Crippen LogP contribution in [0.1, 0.15) is 34.1 Å². The zero-order valence-electron chi connectivity index (χ0n) is 7.76. The molecule has 1 atom stereocenters. The zero-order chi connectivity index (χ0) is 9.07. The second kappa shape index (κ2) is 4.10. The van der Waals surface area contributed by atoms with Crippen molar-refractivity contribution >= 4 is 10.7 Å². The van der Waals surface area contributed by atoms with Gasteiger partial charge in [-0.05, 0) is 11.3 Å². The van der Waals surface area contributed by atoms with Crippen LogP contribution in [-0.2, 0) is 10.7 Å². The minimum Gasteiger partial charge on any atom is -0.232 e. The largest absolute Gasteiger partial charge is 0.232 e. The molecule has 3 heteroatoms. The molecule has 0 N–H and O–H groups in total. The summed E-state index contributed by atoms with van der Waals surface area (Å²) in [4.78, 5) is 0. The van der Waals surface area contributed by atoms with Crippen LogP contribution in [0.25, 0.3) is 0 Å². The molecule has 0 aliphatic rings. The Bertz CT molecular complexity index is 175. The Labute approximate surface area is 71.0 Å². The quantitative estimate of drug-likeness (QED) is 0.664. The van der Waals surface area contributed by atoms with Gasteiger partial charge in [-0.3, -0.25) is 0 Å². The summed E-state index contributed by atoms with van der Waals surface area (Å²) in [7, 11) is -2.23. The molecule has 0 bridgehead atoms. The molecule has 0 aromatic heterocycles. The second-order valence-electron chi connectivity index (χ2n) is 3.79. The molecule has 2 nitrogen and oxygen atoms in total. The van der Waals surface area contributed by atoms with Crippen molar-refractivity contribution in [2.75, 3.05) is 5.75 Å². The van der Waals surface area contributed by atoms with Gasteiger partial charge in [-0.15, -0.1) is 0 Å². The van der Waals surface area contributed by atoms with E-state index in [4.69, 9.17) is 0 Å². The fraction of sp³-hybridized carbons (Fsp3) is 1.00. The Morgan fingerprint density at radius 1 is 1.36 bits per heavy atom. The van der Waals surface area contributed by atoms with Gasteiger partial charge in [-0.2, -0.15) is 0 Å².